The molecule has 1 saturated heterocycles. The molecule has 2 aromatic rings. The van der Waals surface area contributed by atoms with E-state index in [9.17, 15) is 9.59 Å². The Balaban J connectivity index is 1.42. The van der Waals surface area contributed by atoms with Crippen molar-refractivity contribution in [3.05, 3.63) is 70.8 Å². The summed E-state index contributed by atoms with van der Waals surface area (Å²) < 4.78 is 5.55. The minimum Gasteiger partial charge on any atom is -0.445 e. The van der Waals surface area contributed by atoms with Crippen LogP contribution < -0.4 is 5.32 Å². The highest BCUT2D eigenvalue weighted by molar-refractivity contribution is 5.97. The highest BCUT2D eigenvalue weighted by atomic mass is 16.6. The molecular weight excluding hydrogens is 376 g/mol. The molecule has 1 fully saturated rings. The Kier molecular flexibility index (Phi) is 5.91. The fourth-order valence-electron chi connectivity index (χ4n) is 4.58. The van der Waals surface area contributed by atoms with Crippen molar-refractivity contribution in [3.8, 4) is 0 Å². The van der Waals surface area contributed by atoms with Gasteiger partial charge >= 0.3 is 5.97 Å². The molecule has 0 spiro atoms. The smallest absolute Gasteiger partial charge is 0.339 e. The van der Waals surface area contributed by atoms with Crippen LogP contribution in [0.3, 0.4) is 0 Å². The Labute approximate surface area is 178 Å². The van der Waals surface area contributed by atoms with E-state index in [0.717, 1.165) is 36.7 Å². The van der Waals surface area contributed by atoms with Gasteiger partial charge in [-0.1, -0.05) is 49.4 Å². The lowest BCUT2D eigenvalue weighted by atomic mass is 9.89. The largest absolute Gasteiger partial charge is 0.445 e. The Hall–Kier alpha value is -2.66. The molecule has 0 bridgehead atoms. The quantitative estimate of drug-likeness (QED) is 0.769. The predicted octanol–water partition coefficient (Wildman–Crippen LogP) is 3.71. The van der Waals surface area contributed by atoms with E-state index in [2.05, 4.69) is 35.3 Å². The lowest BCUT2D eigenvalue weighted by Gasteiger charge is -2.33. The number of likely N-dealkylation sites (tertiary alicyclic amines) is 1. The van der Waals surface area contributed by atoms with Crippen molar-refractivity contribution in [3.63, 3.8) is 0 Å². The van der Waals surface area contributed by atoms with E-state index in [1.807, 2.05) is 24.3 Å². The van der Waals surface area contributed by atoms with Gasteiger partial charge in [-0.25, -0.2) is 4.79 Å². The first-order valence-electron chi connectivity index (χ1n) is 10.8. The second-order valence-corrected chi connectivity index (χ2v) is 8.89. The first-order valence-corrected chi connectivity index (χ1v) is 10.8. The minimum atomic E-state index is -1.19. The van der Waals surface area contributed by atoms with Crippen LogP contribution in [0.2, 0.25) is 0 Å². The fourth-order valence-corrected chi connectivity index (χ4v) is 4.58. The number of nitrogens with zero attached hydrogens (tertiary/aromatic N) is 1. The van der Waals surface area contributed by atoms with Crippen LogP contribution in [-0.4, -0.2) is 35.5 Å². The Morgan fingerprint density at radius 2 is 1.90 bits per heavy atom. The van der Waals surface area contributed by atoms with Crippen LogP contribution in [0, 0.1) is 5.92 Å². The van der Waals surface area contributed by atoms with Crippen molar-refractivity contribution in [1.29, 1.82) is 0 Å². The van der Waals surface area contributed by atoms with Gasteiger partial charge in [0.2, 0.25) is 0 Å². The zero-order valence-electron chi connectivity index (χ0n) is 17.8. The van der Waals surface area contributed by atoms with E-state index in [1.54, 1.807) is 13.0 Å². The minimum absolute atomic E-state index is 0.258. The summed E-state index contributed by atoms with van der Waals surface area (Å²) >= 11 is 0. The molecule has 30 heavy (non-hydrogen) atoms. The molecule has 0 saturated carbocycles. The average Bonchev–Trinajstić information content (AvgIpc) is 2.73. The van der Waals surface area contributed by atoms with Gasteiger partial charge in [-0.3, -0.25) is 9.69 Å². The van der Waals surface area contributed by atoms with Gasteiger partial charge in [0.15, 0.2) is 5.60 Å². The number of ether oxygens (including phenoxy) is 1. The third kappa shape index (κ3) is 4.41. The number of hydrogen-bond acceptors (Lipinski definition) is 4. The lowest BCUT2D eigenvalue weighted by molar-refractivity contribution is -0.140. The maximum Gasteiger partial charge on any atom is 0.339 e. The number of nitrogens with one attached hydrogen (secondary N) is 1. The van der Waals surface area contributed by atoms with Crippen molar-refractivity contribution < 1.29 is 14.3 Å². The number of benzene rings is 2. The summed E-state index contributed by atoms with van der Waals surface area (Å²) in [5.74, 6) is 0.0373. The fraction of sp³-hybridized carbons (Fsp3) is 0.440. The Bertz CT molecular complexity index is 941. The second-order valence-electron chi connectivity index (χ2n) is 8.89. The summed E-state index contributed by atoms with van der Waals surface area (Å²) in [7, 11) is 0. The van der Waals surface area contributed by atoms with Crippen molar-refractivity contribution in [2.24, 2.45) is 5.92 Å². The topological polar surface area (TPSA) is 58.6 Å². The normalized spacial score (nSPS) is 24.1. The van der Waals surface area contributed by atoms with E-state index in [0.29, 0.717) is 18.5 Å². The lowest BCUT2D eigenvalue weighted by Crippen LogP contribution is -2.51. The Morgan fingerprint density at radius 1 is 1.17 bits per heavy atom. The van der Waals surface area contributed by atoms with E-state index >= 15 is 0 Å². The molecule has 2 atom stereocenters. The van der Waals surface area contributed by atoms with Crippen LogP contribution in [0.15, 0.2) is 48.5 Å². The summed E-state index contributed by atoms with van der Waals surface area (Å²) in [5, 5.41) is 3.01. The first kappa shape index (κ1) is 20.6. The second kappa shape index (κ2) is 8.60. The van der Waals surface area contributed by atoms with E-state index < -0.39 is 11.6 Å². The van der Waals surface area contributed by atoms with Crippen molar-refractivity contribution in [2.45, 2.75) is 51.8 Å². The molecule has 5 nitrogen and oxygen atoms in total. The van der Waals surface area contributed by atoms with E-state index in [4.69, 9.17) is 4.74 Å². The van der Waals surface area contributed by atoms with Gasteiger partial charge in [0.25, 0.3) is 5.91 Å². The number of carbonyl (C=O) groups excluding carboxylic acids is 2. The standard InChI is InChI=1S/C25H30N2O3/c1-18-8-7-13-27(16-18)17-21-11-4-3-10-20(21)15-26-24(29)25(2)14-19-9-5-6-12-22(19)23(28)30-25/h3-6,9-12,18H,7-8,13-17H2,1-2H3,(H,26,29). The molecule has 0 radical (unpaired) electrons. The summed E-state index contributed by atoms with van der Waals surface area (Å²) in [6.45, 7) is 7.57. The van der Waals surface area contributed by atoms with E-state index in [-0.39, 0.29) is 5.91 Å². The van der Waals surface area contributed by atoms with Crippen molar-refractivity contribution >= 4 is 11.9 Å². The number of cyclic esters (lactones) is 1. The number of rotatable bonds is 5. The molecule has 5 heteroatoms. The third-order valence-electron chi connectivity index (χ3n) is 6.26. The van der Waals surface area contributed by atoms with Gasteiger partial charge in [0.05, 0.1) is 5.56 Å². The zero-order chi connectivity index (χ0) is 21.1. The molecule has 2 unspecified atom stereocenters. The maximum absolute atomic E-state index is 13.0. The summed E-state index contributed by atoms with van der Waals surface area (Å²) in [6.07, 6.45) is 2.92. The summed E-state index contributed by atoms with van der Waals surface area (Å²) in [4.78, 5) is 27.9. The van der Waals surface area contributed by atoms with Gasteiger partial charge in [-0.05, 0) is 55.0 Å². The molecule has 2 aliphatic heterocycles. The van der Waals surface area contributed by atoms with Gasteiger partial charge in [0.1, 0.15) is 0 Å². The Morgan fingerprint density at radius 3 is 2.70 bits per heavy atom. The number of fused-ring (bicyclic) bond motifs is 1. The SMILES string of the molecule is CC1CCCN(Cc2ccccc2CNC(=O)C2(C)Cc3ccccc3C(=O)O2)C1. The van der Waals surface area contributed by atoms with Crippen molar-refractivity contribution in [2.75, 3.05) is 13.1 Å². The van der Waals surface area contributed by atoms with Crippen molar-refractivity contribution in [1.82, 2.24) is 10.2 Å². The molecule has 4 rings (SSSR count). The van der Waals surface area contributed by atoms with Crippen LogP contribution in [0.5, 0.6) is 0 Å². The molecule has 2 heterocycles. The average molecular weight is 407 g/mol. The summed E-state index contributed by atoms with van der Waals surface area (Å²) in [6, 6.07) is 15.6. The first-order chi connectivity index (χ1) is 14.4. The number of amides is 1. The maximum atomic E-state index is 13.0. The van der Waals surface area contributed by atoms with Gasteiger partial charge in [0, 0.05) is 26.1 Å². The van der Waals surface area contributed by atoms with Crippen LogP contribution >= 0.6 is 0 Å². The molecule has 158 valence electrons. The molecule has 2 aliphatic rings. The van der Waals surface area contributed by atoms with Gasteiger partial charge < -0.3 is 10.1 Å². The number of carbonyl (C=O) groups is 2. The van der Waals surface area contributed by atoms with Gasteiger partial charge in [-0.2, -0.15) is 0 Å². The molecule has 2 aromatic carbocycles. The molecule has 1 amide bonds. The van der Waals surface area contributed by atoms with E-state index in [1.165, 1.54) is 18.4 Å². The van der Waals surface area contributed by atoms with Crippen LogP contribution in [0.25, 0.3) is 0 Å². The monoisotopic (exact) mass is 406 g/mol. The highest BCUT2D eigenvalue weighted by Crippen LogP contribution is 2.28. The number of hydrogen-bond donors (Lipinski definition) is 1. The van der Waals surface area contributed by atoms with Crippen LogP contribution in [0.1, 0.15) is 53.7 Å². The molecule has 1 N–H and O–H groups in total. The number of esters is 1. The number of piperidine rings is 1. The highest BCUT2D eigenvalue weighted by Gasteiger charge is 2.42. The van der Waals surface area contributed by atoms with Crippen LogP contribution in [0.4, 0.5) is 0 Å². The summed E-state index contributed by atoms with van der Waals surface area (Å²) in [5.41, 5.74) is 2.55. The zero-order valence-corrected chi connectivity index (χ0v) is 17.8. The molecular formula is C25H30N2O3. The van der Waals surface area contributed by atoms with Gasteiger partial charge in [-0.15, -0.1) is 0 Å². The molecule has 0 aromatic heterocycles. The van der Waals surface area contributed by atoms with Crippen LogP contribution in [-0.2, 0) is 29.0 Å². The third-order valence-corrected chi connectivity index (χ3v) is 6.26. The predicted molar refractivity (Wildman–Crippen MR) is 116 cm³/mol. The molecule has 0 aliphatic carbocycles.